The molecule has 0 aliphatic carbocycles. The quantitative estimate of drug-likeness (QED) is 0.702. The first kappa shape index (κ1) is 18.2. The predicted molar refractivity (Wildman–Crippen MR) is 102 cm³/mol. The molecule has 3 N–H and O–H groups in total. The van der Waals surface area contributed by atoms with Gasteiger partial charge in [-0.3, -0.25) is 9.59 Å². The van der Waals surface area contributed by atoms with Crippen molar-refractivity contribution in [1.29, 1.82) is 0 Å². The van der Waals surface area contributed by atoms with Crippen LogP contribution in [0.3, 0.4) is 0 Å². The number of aryl methyl sites for hydroxylation is 1. The number of hydrogen-bond donors (Lipinski definition) is 2. The molecule has 7 heteroatoms. The lowest BCUT2D eigenvalue weighted by molar-refractivity contribution is -0.118. The summed E-state index contributed by atoms with van der Waals surface area (Å²) in [6.45, 7) is 3.78. The molecule has 7 nitrogen and oxygen atoms in total. The summed E-state index contributed by atoms with van der Waals surface area (Å²) in [4.78, 5) is 27.5. The van der Waals surface area contributed by atoms with Gasteiger partial charge in [0.1, 0.15) is 5.75 Å². The van der Waals surface area contributed by atoms with E-state index in [1.165, 1.54) is 6.07 Å². The van der Waals surface area contributed by atoms with Crippen LogP contribution in [0, 0.1) is 13.8 Å². The Kier molecular flexibility index (Phi) is 5.21. The first-order valence-corrected chi connectivity index (χ1v) is 8.37. The second kappa shape index (κ2) is 7.74. The normalized spacial score (nSPS) is 10.4. The number of nitrogens with two attached hydrogens (primary N) is 1. The molecule has 3 aromatic rings. The number of hydrogen-bond acceptors (Lipinski definition) is 4. The van der Waals surface area contributed by atoms with Gasteiger partial charge in [-0.2, -0.15) is 0 Å². The summed E-state index contributed by atoms with van der Waals surface area (Å²) in [5.74, 6) is -0.446. The summed E-state index contributed by atoms with van der Waals surface area (Å²) in [6.07, 6.45) is 1.77. The third kappa shape index (κ3) is 4.33. The number of nitrogens with one attached hydrogen (secondary N) is 1. The van der Waals surface area contributed by atoms with Gasteiger partial charge in [-0.05, 0) is 56.3 Å². The molecule has 0 spiro atoms. The van der Waals surface area contributed by atoms with Crippen LogP contribution in [0.4, 0.5) is 5.69 Å². The molecular formula is C20H20N4O3. The molecule has 2 amide bonds. The van der Waals surface area contributed by atoms with Gasteiger partial charge in [0.25, 0.3) is 5.91 Å². The van der Waals surface area contributed by atoms with Crippen LogP contribution in [-0.2, 0) is 4.79 Å². The summed E-state index contributed by atoms with van der Waals surface area (Å²) in [5.41, 5.74) is 9.22. The maximum Gasteiger partial charge on any atom is 0.262 e. The van der Waals surface area contributed by atoms with Gasteiger partial charge in [-0.15, -0.1) is 0 Å². The Bertz CT molecular complexity index is 977. The third-order valence-corrected chi connectivity index (χ3v) is 4.17. The van der Waals surface area contributed by atoms with Crippen LogP contribution >= 0.6 is 0 Å². The first-order chi connectivity index (χ1) is 12.9. The minimum absolute atomic E-state index is 0.177. The summed E-state index contributed by atoms with van der Waals surface area (Å²) < 4.78 is 7.39. The maximum atomic E-state index is 12.1. The first-order valence-electron chi connectivity index (χ1n) is 8.37. The summed E-state index contributed by atoms with van der Waals surface area (Å²) >= 11 is 0. The largest absolute Gasteiger partial charge is 0.484 e. The van der Waals surface area contributed by atoms with Crippen LogP contribution in [0.5, 0.6) is 5.75 Å². The van der Waals surface area contributed by atoms with Crippen molar-refractivity contribution in [3.05, 3.63) is 71.8 Å². The maximum absolute atomic E-state index is 12.1. The summed E-state index contributed by atoms with van der Waals surface area (Å²) in [5, 5.41) is 2.77. The topological polar surface area (TPSA) is 99.2 Å². The zero-order valence-electron chi connectivity index (χ0n) is 15.1. The standard InChI is InChI=1S/C20H20N4O3/c1-13-14(2)24(12-22-13)17-8-6-16(7-9-17)23-19(25)11-27-18-5-3-4-15(10-18)20(21)26/h3-10,12H,11H2,1-2H3,(H2,21,26)(H,23,25). The molecule has 0 bridgehead atoms. The average molecular weight is 364 g/mol. The SMILES string of the molecule is Cc1ncn(-c2ccc(NC(=O)COc3cccc(C(N)=O)c3)cc2)c1C. The molecular weight excluding hydrogens is 344 g/mol. The molecule has 1 heterocycles. The van der Waals surface area contributed by atoms with Crippen molar-refractivity contribution in [2.75, 3.05) is 11.9 Å². The fourth-order valence-corrected chi connectivity index (χ4v) is 2.55. The van der Waals surface area contributed by atoms with Crippen molar-refractivity contribution >= 4 is 17.5 Å². The molecule has 0 atom stereocenters. The van der Waals surface area contributed by atoms with Gasteiger partial charge >= 0.3 is 0 Å². The van der Waals surface area contributed by atoms with E-state index in [1.54, 1.807) is 24.5 Å². The van der Waals surface area contributed by atoms with Gasteiger partial charge in [0, 0.05) is 22.6 Å². The van der Waals surface area contributed by atoms with Crippen LogP contribution in [-0.4, -0.2) is 28.0 Å². The second-order valence-corrected chi connectivity index (χ2v) is 6.06. The Morgan fingerprint density at radius 2 is 1.89 bits per heavy atom. The Morgan fingerprint density at radius 1 is 1.15 bits per heavy atom. The highest BCUT2D eigenvalue weighted by atomic mass is 16.5. The predicted octanol–water partition coefficient (Wildman–Crippen LogP) is 2.61. The van der Waals surface area contributed by atoms with E-state index in [1.807, 2.05) is 42.7 Å². The number of rotatable bonds is 6. The number of amides is 2. The minimum atomic E-state index is -0.548. The number of aromatic nitrogens is 2. The molecule has 138 valence electrons. The molecule has 0 aliphatic heterocycles. The fourth-order valence-electron chi connectivity index (χ4n) is 2.55. The van der Waals surface area contributed by atoms with E-state index in [4.69, 9.17) is 10.5 Å². The summed E-state index contributed by atoms with van der Waals surface area (Å²) in [7, 11) is 0. The Morgan fingerprint density at radius 3 is 2.52 bits per heavy atom. The van der Waals surface area contributed by atoms with Crippen molar-refractivity contribution in [2.45, 2.75) is 13.8 Å². The van der Waals surface area contributed by atoms with Gasteiger partial charge < -0.3 is 20.4 Å². The molecule has 1 aromatic heterocycles. The molecule has 0 unspecified atom stereocenters. The van der Waals surface area contributed by atoms with Crippen LogP contribution in [0.15, 0.2) is 54.9 Å². The third-order valence-electron chi connectivity index (χ3n) is 4.17. The smallest absolute Gasteiger partial charge is 0.262 e. The van der Waals surface area contributed by atoms with E-state index in [0.717, 1.165) is 17.1 Å². The Labute approximate surface area is 156 Å². The number of carbonyl (C=O) groups is 2. The molecule has 0 aliphatic rings. The van der Waals surface area contributed by atoms with Crippen molar-refractivity contribution in [1.82, 2.24) is 9.55 Å². The van der Waals surface area contributed by atoms with Crippen molar-refractivity contribution in [3.63, 3.8) is 0 Å². The van der Waals surface area contributed by atoms with E-state index in [9.17, 15) is 9.59 Å². The number of carbonyl (C=O) groups excluding carboxylic acids is 2. The monoisotopic (exact) mass is 364 g/mol. The zero-order chi connectivity index (χ0) is 19.4. The molecule has 0 radical (unpaired) electrons. The number of ether oxygens (including phenoxy) is 1. The lowest BCUT2D eigenvalue weighted by Crippen LogP contribution is -2.20. The van der Waals surface area contributed by atoms with Gasteiger partial charge in [-0.1, -0.05) is 6.07 Å². The van der Waals surface area contributed by atoms with E-state index in [2.05, 4.69) is 10.3 Å². The number of primary amides is 1. The van der Waals surface area contributed by atoms with E-state index in [0.29, 0.717) is 17.0 Å². The van der Waals surface area contributed by atoms with E-state index >= 15 is 0 Å². The summed E-state index contributed by atoms with van der Waals surface area (Å²) in [6, 6.07) is 13.8. The Hall–Kier alpha value is -3.61. The van der Waals surface area contributed by atoms with Gasteiger partial charge in [0.15, 0.2) is 6.61 Å². The van der Waals surface area contributed by atoms with Gasteiger partial charge in [0.05, 0.1) is 12.0 Å². The van der Waals surface area contributed by atoms with Crippen LogP contribution in [0.2, 0.25) is 0 Å². The van der Waals surface area contributed by atoms with Crippen molar-refractivity contribution in [3.8, 4) is 11.4 Å². The molecule has 0 saturated carbocycles. The van der Waals surface area contributed by atoms with E-state index in [-0.39, 0.29) is 12.5 Å². The second-order valence-electron chi connectivity index (χ2n) is 6.06. The molecule has 2 aromatic carbocycles. The van der Waals surface area contributed by atoms with Crippen molar-refractivity contribution in [2.24, 2.45) is 5.73 Å². The minimum Gasteiger partial charge on any atom is -0.484 e. The Balaban J connectivity index is 1.59. The molecule has 27 heavy (non-hydrogen) atoms. The average Bonchev–Trinajstić information content (AvgIpc) is 3.00. The lowest BCUT2D eigenvalue weighted by atomic mass is 10.2. The van der Waals surface area contributed by atoms with Gasteiger partial charge in [0.2, 0.25) is 5.91 Å². The van der Waals surface area contributed by atoms with Crippen LogP contribution in [0.25, 0.3) is 5.69 Å². The fraction of sp³-hybridized carbons (Fsp3) is 0.150. The number of nitrogens with zero attached hydrogens (tertiary/aromatic N) is 2. The number of anilines is 1. The highest BCUT2D eigenvalue weighted by Crippen LogP contribution is 2.17. The zero-order valence-corrected chi connectivity index (χ0v) is 15.1. The number of benzene rings is 2. The lowest BCUT2D eigenvalue weighted by Gasteiger charge is -2.10. The molecule has 3 rings (SSSR count). The highest BCUT2D eigenvalue weighted by Gasteiger charge is 2.08. The number of imidazole rings is 1. The van der Waals surface area contributed by atoms with Crippen LogP contribution in [0.1, 0.15) is 21.7 Å². The molecule has 0 fully saturated rings. The van der Waals surface area contributed by atoms with Crippen LogP contribution < -0.4 is 15.8 Å². The molecule has 0 saturated heterocycles. The highest BCUT2D eigenvalue weighted by molar-refractivity contribution is 5.93. The van der Waals surface area contributed by atoms with E-state index < -0.39 is 5.91 Å². The van der Waals surface area contributed by atoms with Crippen molar-refractivity contribution < 1.29 is 14.3 Å². The van der Waals surface area contributed by atoms with Gasteiger partial charge in [-0.25, -0.2) is 4.98 Å².